The number of hydrogen-bond acceptors (Lipinski definition) is 3. The summed E-state index contributed by atoms with van der Waals surface area (Å²) in [6.45, 7) is 8.26. The average molecular weight is 305 g/mol. The number of piperazine rings is 1. The minimum absolute atomic E-state index is 0.816. The third-order valence-electron chi connectivity index (χ3n) is 3.98. The van der Waals surface area contributed by atoms with Crippen LogP contribution >= 0.6 is 11.6 Å². The van der Waals surface area contributed by atoms with Gasteiger partial charge in [0, 0.05) is 56.7 Å². The van der Waals surface area contributed by atoms with E-state index in [9.17, 15) is 0 Å². The average Bonchev–Trinajstić information content (AvgIpc) is 2.96. The number of hydrogen-bond donors (Lipinski definition) is 0. The lowest BCUT2D eigenvalue weighted by Crippen LogP contribution is -2.46. The largest absolute Gasteiger partial charge is 0.340 e. The van der Waals surface area contributed by atoms with Crippen LogP contribution in [0.15, 0.2) is 36.7 Å². The summed E-state index contributed by atoms with van der Waals surface area (Å²) in [6, 6.07) is 8.14. The third kappa shape index (κ3) is 3.39. The van der Waals surface area contributed by atoms with Gasteiger partial charge in [-0.3, -0.25) is 4.90 Å². The molecule has 0 spiro atoms. The molecule has 2 heterocycles. The molecule has 4 nitrogen and oxygen atoms in total. The fraction of sp³-hybridized carbons (Fsp3) is 0.438. The number of anilines is 1. The lowest BCUT2D eigenvalue weighted by atomic mass is 10.2. The van der Waals surface area contributed by atoms with Crippen molar-refractivity contribution in [3.63, 3.8) is 0 Å². The van der Waals surface area contributed by atoms with Crippen molar-refractivity contribution >= 4 is 17.5 Å². The molecule has 0 unspecified atom stereocenters. The number of rotatable bonds is 4. The summed E-state index contributed by atoms with van der Waals surface area (Å²) in [4.78, 5) is 9.33. The van der Waals surface area contributed by atoms with Gasteiger partial charge in [0.2, 0.25) is 5.95 Å². The Balaban J connectivity index is 1.58. The van der Waals surface area contributed by atoms with E-state index < -0.39 is 0 Å². The van der Waals surface area contributed by atoms with Crippen molar-refractivity contribution in [2.75, 3.05) is 31.1 Å². The van der Waals surface area contributed by atoms with Crippen LogP contribution in [-0.4, -0.2) is 40.6 Å². The summed E-state index contributed by atoms with van der Waals surface area (Å²) in [5, 5.41) is 0.816. The number of imidazole rings is 1. The molecule has 1 aromatic carbocycles. The van der Waals surface area contributed by atoms with Crippen molar-refractivity contribution in [1.82, 2.24) is 14.5 Å². The first kappa shape index (κ1) is 14.4. The number of nitrogens with zero attached hydrogens (tertiary/aromatic N) is 4. The van der Waals surface area contributed by atoms with Crippen molar-refractivity contribution in [3.8, 4) is 0 Å². The molecule has 112 valence electrons. The summed E-state index contributed by atoms with van der Waals surface area (Å²) in [5.41, 5.74) is 1.28. The molecule has 0 N–H and O–H groups in total. The molecule has 1 saturated heterocycles. The van der Waals surface area contributed by atoms with Crippen LogP contribution in [0.1, 0.15) is 12.5 Å². The summed E-state index contributed by atoms with van der Waals surface area (Å²) >= 11 is 6.05. The molecule has 1 aromatic heterocycles. The van der Waals surface area contributed by atoms with Crippen molar-refractivity contribution in [3.05, 3.63) is 47.2 Å². The molecule has 21 heavy (non-hydrogen) atoms. The minimum Gasteiger partial charge on any atom is -0.340 e. The standard InChI is InChI=1S/C16H21ClN4/c1-2-20-7-6-18-16(20)21-10-8-19(9-11-21)13-14-4-3-5-15(17)12-14/h3-7,12H,2,8-11,13H2,1H3. The van der Waals surface area contributed by atoms with Gasteiger partial charge in [-0.25, -0.2) is 4.98 Å². The molecule has 0 aliphatic carbocycles. The highest BCUT2D eigenvalue weighted by atomic mass is 35.5. The maximum Gasteiger partial charge on any atom is 0.205 e. The van der Waals surface area contributed by atoms with Gasteiger partial charge in [0.1, 0.15) is 0 Å². The fourth-order valence-corrected chi connectivity index (χ4v) is 3.04. The van der Waals surface area contributed by atoms with E-state index in [1.54, 1.807) is 0 Å². The minimum atomic E-state index is 0.816. The van der Waals surface area contributed by atoms with E-state index in [1.165, 1.54) is 5.56 Å². The van der Waals surface area contributed by atoms with Crippen molar-refractivity contribution in [1.29, 1.82) is 0 Å². The van der Waals surface area contributed by atoms with E-state index in [0.29, 0.717) is 0 Å². The van der Waals surface area contributed by atoms with Crippen LogP contribution in [-0.2, 0) is 13.1 Å². The molecule has 1 fully saturated rings. The molecule has 3 rings (SSSR count). The molecule has 0 atom stereocenters. The van der Waals surface area contributed by atoms with Gasteiger partial charge in [0.15, 0.2) is 0 Å². The maximum atomic E-state index is 6.05. The van der Waals surface area contributed by atoms with E-state index in [1.807, 2.05) is 24.5 Å². The molecular weight excluding hydrogens is 284 g/mol. The lowest BCUT2D eigenvalue weighted by Gasteiger charge is -2.35. The van der Waals surface area contributed by atoms with Crippen LogP contribution in [0.2, 0.25) is 5.02 Å². The van der Waals surface area contributed by atoms with E-state index in [0.717, 1.165) is 50.2 Å². The number of aryl methyl sites for hydroxylation is 1. The van der Waals surface area contributed by atoms with Crippen molar-refractivity contribution in [2.45, 2.75) is 20.0 Å². The van der Waals surface area contributed by atoms with Crippen LogP contribution in [0.5, 0.6) is 0 Å². The highest BCUT2D eigenvalue weighted by molar-refractivity contribution is 6.30. The molecule has 0 amide bonds. The predicted octanol–water partition coefficient (Wildman–Crippen LogP) is 2.88. The highest BCUT2D eigenvalue weighted by Gasteiger charge is 2.20. The smallest absolute Gasteiger partial charge is 0.205 e. The molecule has 1 aliphatic rings. The Morgan fingerprint density at radius 2 is 2.00 bits per heavy atom. The predicted molar refractivity (Wildman–Crippen MR) is 86.8 cm³/mol. The Morgan fingerprint density at radius 1 is 1.19 bits per heavy atom. The number of halogens is 1. The second kappa shape index (κ2) is 6.50. The molecule has 5 heteroatoms. The van der Waals surface area contributed by atoms with E-state index in [-0.39, 0.29) is 0 Å². The van der Waals surface area contributed by atoms with Gasteiger partial charge >= 0.3 is 0 Å². The quantitative estimate of drug-likeness (QED) is 0.868. The highest BCUT2D eigenvalue weighted by Crippen LogP contribution is 2.17. The van der Waals surface area contributed by atoms with Crippen molar-refractivity contribution in [2.24, 2.45) is 0 Å². The van der Waals surface area contributed by atoms with Gasteiger partial charge in [-0.15, -0.1) is 0 Å². The van der Waals surface area contributed by atoms with E-state index in [4.69, 9.17) is 11.6 Å². The SMILES string of the molecule is CCn1ccnc1N1CCN(Cc2cccc(Cl)c2)CC1. The molecular formula is C16H21ClN4. The summed E-state index contributed by atoms with van der Waals surface area (Å²) in [6.07, 6.45) is 3.94. The van der Waals surface area contributed by atoms with Crippen LogP contribution in [0, 0.1) is 0 Å². The fourth-order valence-electron chi connectivity index (χ4n) is 2.83. The normalized spacial score (nSPS) is 16.4. The summed E-state index contributed by atoms with van der Waals surface area (Å²) in [5.74, 6) is 1.10. The van der Waals surface area contributed by atoms with Crippen LogP contribution in [0.4, 0.5) is 5.95 Å². The second-order valence-electron chi connectivity index (χ2n) is 5.41. The van der Waals surface area contributed by atoms with Crippen LogP contribution in [0.25, 0.3) is 0 Å². The topological polar surface area (TPSA) is 24.3 Å². The third-order valence-corrected chi connectivity index (χ3v) is 4.22. The molecule has 0 radical (unpaired) electrons. The Kier molecular flexibility index (Phi) is 4.46. The van der Waals surface area contributed by atoms with Gasteiger partial charge in [-0.05, 0) is 24.6 Å². The zero-order valence-electron chi connectivity index (χ0n) is 12.4. The van der Waals surface area contributed by atoms with Crippen molar-refractivity contribution < 1.29 is 0 Å². The Bertz CT molecular complexity index is 587. The molecule has 0 bridgehead atoms. The Morgan fingerprint density at radius 3 is 2.71 bits per heavy atom. The number of aromatic nitrogens is 2. The first-order valence-corrected chi connectivity index (χ1v) is 7.87. The Hall–Kier alpha value is -1.52. The van der Waals surface area contributed by atoms with Gasteiger partial charge < -0.3 is 9.47 Å². The molecule has 1 aliphatic heterocycles. The zero-order valence-corrected chi connectivity index (χ0v) is 13.1. The summed E-state index contributed by atoms with van der Waals surface area (Å²) < 4.78 is 2.20. The van der Waals surface area contributed by atoms with Crippen LogP contribution < -0.4 is 4.90 Å². The Labute approximate surface area is 130 Å². The van der Waals surface area contributed by atoms with Crippen LogP contribution in [0.3, 0.4) is 0 Å². The zero-order chi connectivity index (χ0) is 14.7. The van der Waals surface area contributed by atoms with Gasteiger partial charge in [0.25, 0.3) is 0 Å². The van der Waals surface area contributed by atoms with Gasteiger partial charge in [-0.1, -0.05) is 23.7 Å². The van der Waals surface area contributed by atoms with Gasteiger partial charge in [-0.2, -0.15) is 0 Å². The van der Waals surface area contributed by atoms with E-state index in [2.05, 4.69) is 38.4 Å². The molecule has 0 saturated carbocycles. The van der Waals surface area contributed by atoms with Gasteiger partial charge in [0.05, 0.1) is 0 Å². The molecule has 2 aromatic rings. The first-order valence-electron chi connectivity index (χ1n) is 7.49. The summed E-state index contributed by atoms with van der Waals surface area (Å²) in [7, 11) is 0. The lowest BCUT2D eigenvalue weighted by molar-refractivity contribution is 0.248. The monoisotopic (exact) mass is 304 g/mol. The van der Waals surface area contributed by atoms with E-state index >= 15 is 0 Å². The first-order chi connectivity index (χ1) is 10.3. The maximum absolute atomic E-state index is 6.05. The number of benzene rings is 1. The second-order valence-corrected chi connectivity index (χ2v) is 5.84.